The van der Waals surface area contributed by atoms with Gasteiger partial charge in [-0.2, -0.15) is 5.10 Å². The monoisotopic (exact) mass is 273 g/mol. The van der Waals surface area contributed by atoms with Crippen LogP contribution in [0.5, 0.6) is 0 Å². The molecule has 0 aliphatic carbocycles. The quantitative estimate of drug-likeness (QED) is 0.484. The van der Waals surface area contributed by atoms with Gasteiger partial charge in [-0.25, -0.2) is 5.43 Å². The smallest absolute Gasteiger partial charge is 0.329 e. The minimum absolute atomic E-state index is 0.409. The lowest BCUT2D eigenvalue weighted by Gasteiger charge is -2.04. The van der Waals surface area contributed by atoms with E-state index >= 15 is 0 Å². The molecule has 0 radical (unpaired) electrons. The molecule has 0 fully saturated rings. The Morgan fingerprint density at radius 2 is 2.00 bits per heavy atom. The van der Waals surface area contributed by atoms with Crippen LogP contribution in [0.3, 0.4) is 0 Å². The highest BCUT2D eigenvalue weighted by molar-refractivity contribution is 6.36. The fourth-order valence-corrected chi connectivity index (χ4v) is 1.45. The molecule has 0 atom stereocenters. The van der Waals surface area contributed by atoms with Crippen molar-refractivity contribution in [1.29, 1.82) is 0 Å². The number of halogens is 2. The third-order valence-corrected chi connectivity index (χ3v) is 2.43. The molecule has 0 heterocycles. The number of hydrazone groups is 1. The zero-order valence-electron chi connectivity index (χ0n) is 8.83. The van der Waals surface area contributed by atoms with Gasteiger partial charge in [0.1, 0.15) is 0 Å². The molecule has 3 N–H and O–H groups in total. The molecule has 90 valence electrons. The van der Waals surface area contributed by atoms with Gasteiger partial charge < -0.3 is 5.73 Å². The zero-order chi connectivity index (χ0) is 13.0. The minimum Gasteiger partial charge on any atom is -0.361 e. The highest BCUT2D eigenvalue weighted by Crippen LogP contribution is 2.21. The average Bonchev–Trinajstić information content (AvgIpc) is 2.28. The van der Waals surface area contributed by atoms with Crippen LogP contribution in [0.25, 0.3) is 0 Å². The molecule has 5 nitrogen and oxygen atoms in total. The van der Waals surface area contributed by atoms with E-state index in [4.69, 9.17) is 28.9 Å². The fourth-order valence-electron chi connectivity index (χ4n) is 1.02. The van der Waals surface area contributed by atoms with Crippen molar-refractivity contribution < 1.29 is 9.59 Å². The molecule has 17 heavy (non-hydrogen) atoms. The van der Waals surface area contributed by atoms with Gasteiger partial charge in [0, 0.05) is 15.6 Å². The van der Waals surface area contributed by atoms with Crippen molar-refractivity contribution in [3.63, 3.8) is 0 Å². The predicted molar refractivity (Wildman–Crippen MR) is 66.0 cm³/mol. The van der Waals surface area contributed by atoms with E-state index in [1.54, 1.807) is 25.1 Å². The summed E-state index contributed by atoms with van der Waals surface area (Å²) in [6, 6.07) is 4.83. The summed E-state index contributed by atoms with van der Waals surface area (Å²) in [7, 11) is 0. The predicted octanol–water partition coefficient (Wildman–Crippen LogP) is 1.32. The first-order valence-corrected chi connectivity index (χ1v) is 5.27. The number of carbonyl (C=O) groups excluding carboxylic acids is 2. The van der Waals surface area contributed by atoms with E-state index in [1.807, 2.05) is 5.43 Å². The van der Waals surface area contributed by atoms with Crippen molar-refractivity contribution in [2.75, 3.05) is 0 Å². The third-order valence-electron chi connectivity index (χ3n) is 1.87. The largest absolute Gasteiger partial charge is 0.361 e. The fraction of sp³-hybridized carbons (Fsp3) is 0.100. The van der Waals surface area contributed by atoms with Gasteiger partial charge >= 0.3 is 11.8 Å². The van der Waals surface area contributed by atoms with Crippen LogP contribution in [0.1, 0.15) is 12.5 Å². The number of amides is 2. The maximum absolute atomic E-state index is 10.9. The van der Waals surface area contributed by atoms with Crippen molar-refractivity contribution >= 4 is 40.7 Å². The van der Waals surface area contributed by atoms with E-state index in [-0.39, 0.29) is 0 Å². The van der Waals surface area contributed by atoms with Gasteiger partial charge in [-0.3, -0.25) is 9.59 Å². The lowest BCUT2D eigenvalue weighted by Crippen LogP contribution is -2.33. The molecule has 0 bridgehead atoms. The highest BCUT2D eigenvalue weighted by atomic mass is 35.5. The number of nitrogens with zero attached hydrogens (tertiary/aromatic N) is 1. The second-order valence-corrected chi connectivity index (χ2v) is 3.97. The molecule has 7 heteroatoms. The second-order valence-electron chi connectivity index (χ2n) is 3.13. The summed E-state index contributed by atoms with van der Waals surface area (Å²) >= 11 is 11.7. The van der Waals surface area contributed by atoms with E-state index in [1.165, 1.54) is 0 Å². The number of hydrogen-bond acceptors (Lipinski definition) is 3. The van der Waals surface area contributed by atoms with Crippen LogP contribution in [0.2, 0.25) is 10.0 Å². The number of nitrogens with two attached hydrogens (primary N) is 1. The Bertz CT molecular complexity index is 500. The molecule has 0 aliphatic rings. The van der Waals surface area contributed by atoms with Crippen molar-refractivity contribution in [3.05, 3.63) is 33.8 Å². The zero-order valence-corrected chi connectivity index (χ0v) is 10.3. The van der Waals surface area contributed by atoms with Gasteiger partial charge in [0.05, 0.1) is 5.71 Å². The van der Waals surface area contributed by atoms with Crippen LogP contribution in [0, 0.1) is 0 Å². The van der Waals surface area contributed by atoms with Gasteiger partial charge in [0.15, 0.2) is 0 Å². The normalized spacial score (nSPS) is 11.1. The Kier molecular flexibility index (Phi) is 4.48. The Hall–Kier alpha value is -1.59. The molecular formula is C10H9Cl2N3O2. The van der Waals surface area contributed by atoms with E-state index < -0.39 is 11.8 Å². The molecule has 2 amide bonds. The first-order chi connectivity index (χ1) is 7.91. The van der Waals surface area contributed by atoms with Crippen molar-refractivity contribution in [1.82, 2.24) is 5.43 Å². The molecule has 1 aromatic rings. The molecule has 0 unspecified atom stereocenters. The number of nitrogens with one attached hydrogen (secondary N) is 1. The number of primary amides is 1. The summed E-state index contributed by atoms with van der Waals surface area (Å²) < 4.78 is 0. The first-order valence-electron chi connectivity index (χ1n) is 4.51. The van der Waals surface area contributed by atoms with Crippen LogP contribution >= 0.6 is 23.2 Å². The average molecular weight is 274 g/mol. The van der Waals surface area contributed by atoms with Gasteiger partial charge in [-0.15, -0.1) is 0 Å². The topological polar surface area (TPSA) is 84.6 Å². The van der Waals surface area contributed by atoms with Crippen molar-refractivity contribution in [2.24, 2.45) is 10.8 Å². The van der Waals surface area contributed by atoms with Crippen LogP contribution < -0.4 is 11.2 Å². The Balaban J connectivity index is 2.92. The first kappa shape index (κ1) is 13.5. The van der Waals surface area contributed by atoms with Crippen molar-refractivity contribution in [3.8, 4) is 0 Å². The number of hydrogen-bond donors (Lipinski definition) is 2. The van der Waals surface area contributed by atoms with Crippen molar-refractivity contribution in [2.45, 2.75) is 6.92 Å². The Labute approximate surface area is 108 Å². The molecular weight excluding hydrogens is 265 g/mol. The minimum atomic E-state index is -1.11. The molecule has 1 aromatic carbocycles. The molecule has 0 saturated carbocycles. The van der Waals surface area contributed by atoms with E-state index in [0.29, 0.717) is 21.3 Å². The summed E-state index contributed by atoms with van der Waals surface area (Å²) in [5.74, 6) is -2.11. The molecule has 0 aromatic heterocycles. The van der Waals surface area contributed by atoms with Gasteiger partial charge in [-0.05, 0) is 25.1 Å². The van der Waals surface area contributed by atoms with Crippen LogP contribution in [0.15, 0.2) is 23.3 Å². The standard InChI is InChI=1S/C10H9Cl2N3O2/c1-5(14-15-10(17)9(13)16)7-4-6(11)2-3-8(7)12/h2-4H,1H3,(H2,13,16)(H,15,17). The second kappa shape index (κ2) is 5.65. The van der Waals surface area contributed by atoms with Gasteiger partial charge in [0.2, 0.25) is 0 Å². The lowest BCUT2D eigenvalue weighted by atomic mass is 10.1. The maximum atomic E-state index is 10.9. The van der Waals surface area contributed by atoms with E-state index in [2.05, 4.69) is 5.10 Å². The Morgan fingerprint density at radius 1 is 1.35 bits per heavy atom. The Morgan fingerprint density at radius 3 is 2.59 bits per heavy atom. The molecule has 0 spiro atoms. The summed E-state index contributed by atoms with van der Waals surface area (Å²) in [4.78, 5) is 21.3. The molecule has 1 rings (SSSR count). The van der Waals surface area contributed by atoms with Crippen LogP contribution in [0.4, 0.5) is 0 Å². The summed E-state index contributed by atoms with van der Waals surface area (Å²) in [6.45, 7) is 1.61. The van der Waals surface area contributed by atoms with E-state index in [9.17, 15) is 9.59 Å². The van der Waals surface area contributed by atoms with E-state index in [0.717, 1.165) is 0 Å². The van der Waals surface area contributed by atoms with Gasteiger partial charge in [-0.1, -0.05) is 23.2 Å². The van der Waals surface area contributed by atoms with Crippen LogP contribution in [-0.4, -0.2) is 17.5 Å². The lowest BCUT2D eigenvalue weighted by molar-refractivity contribution is -0.137. The van der Waals surface area contributed by atoms with Gasteiger partial charge in [0.25, 0.3) is 0 Å². The summed E-state index contributed by atoms with van der Waals surface area (Å²) in [5.41, 5.74) is 7.72. The summed E-state index contributed by atoms with van der Waals surface area (Å²) in [6.07, 6.45) is 0. The number of carbonyl (C=O) groups is 2. The highest BCUT2D eigenvalue weighted by Gasteiger charge is 2.08. The van der Waals surface area contributed by atoms with Crippen LogP contribution in [-0.2, 0) is 9.59 Å². The number of benzene rings is 1. The maximum Gasteiger partial charge on any atom is 0.329 e. The molecule has 0 aliphatic heterocycles. The molecule has 0 saturated heterocycles. The SMILES string of the molecule is CC(=NNC(=O)C(N)=O)c1cc(Cl)ccc1Cl. The summed E-state index contributed by atoms with van der Waals surface area (Å²) in [5, 5.41) is 4.61. The number of rotatable bonds is 2. The third kappa shape index (κ3) is 3.72.